The van der Waals surface area contributed by atoms with Crippen LogP contribution >= 0.6 is 0 Å². The van der Waals surface area contributed by atoms with Crippen molar-refractivity contribution in [2.45, 2.75) is 27.2 Å². The highest BCUT2D eigenvalue weighted by Crippen LogP contribution is 2.15. The second kappa shape index (κ2) is 9.22. The second-order valence-corrected chi connectivity index (χ2v) is 3.50. The lowest BCUT2D eigenvalue weighted by atomic mass is 10.2. The van der Waals surface area contributed by atoms with Crippen LogP contribution in [0, 0.1) is 6.92 Å². The molecular weight excluding hydrogens is 228 g/mol. The lowest BCUT2D eigenvalue weighted by Crippen LogP contribution is -2.38. The highest BCUT2D eigenvalue weighted by Gasteiger charge is 2.12. The van der Waals surface area contributed by atoms with Crippen molar-refractivity contribution in [3.05, 3.63) is 29.8 Å². The Morgan fingerprint density at radius 3 is 2.28 bits per heavy atom. The van der Waals surface area contributed by atoms with E-state index in [2.05, 4.69) is 5.32 Å². The smallest absolute Gasteiger partial charge is 0.321 e. The van der Waals surface area contributed by atoms with Gasteiger partial charge in [-0.15, -0.1) is 0 Å². The third-order valence-electron chi connectivity index (χ3n) is 2.28. The van der Waals surface area contributed by atoms with Gasteiger partial charge >= 0.3 is 6.03 Å². The summed E-state index contributed by atoms with van der Waals surface area (Å²) in [5.74, 6) is 0. The molecule has 0 spiro atoms. The molecule has 2 amide bonds. The van der Waals surface area contributed by atoms with Crippen molar-refractivity contribution in [2.75, 3.05) is 18.5 Å². The molecule has 0 aliphatic rings. The molecule has 0 saturated carbocycles. The van der Waals surface area contributed by atoms with Crippen molar-refractivity contribution in [1.82, 2.24) is 5.32 Å². The van der Waals surface area contributed by atoms with Crippen LogP contribution in [0.3, 0.4) is 0 Å². The van der Waals surface area contributed by atoms with Crippen LogP contribution in [0.4, 0.5) is 10.5 Å². The number of hydrogen-bond donors (Lipinski definition) is 1. The summed E-state index contributed by atoms with van der Waals surface area (Å²) in [5, 5.41) is 2.56. The number of rotatable bonds is 4. The summed E-state index contributed by atoms with van der Waals surface area (Å²) in [4.78, 5) is 23.5. The number of aldehydes is 1. The monoisotopic (exact) mass is 250 g/mol. The Morgan fingerprint density at radius 1 is 1.28 bits per heavy atom. The van der Waals surface area contributed by atoms with E-state index in [1.165, 1.54) is 0 Å². The summed E-state index contributed by atoms with van der Waals surface area (Å²) in [5.41, 5.74) is 1.93. The Kier molecular flexibility index (Phi) is 8.27. The molecular formula is C14H22N2O2. The summed E-state index contributed by atoms with van der Waals surface area (Å²) in [6.07, 6.45) is 1.14. The molecule has 0 aliphatic heterocycles. The van der Waals surface area contributed by atoms with E-state index >= 15 is 0 Å². The first-order valence-electron chi connectivity index (χ1n) is 6.18. The molecule has 1 aromatic carbocycles. The van der Waals surface area contributed by atoms with E-state index in [1.54, 1.807) is 11.9 Å². The number of amides is 2. The Morgan fingerprint density at radius 2 is 1.83 bits per heavy atom. The standard InChI is InChI=1S/C12H16N2O2.C2H6/c1-10-4-6-11(7-5-10)14(8-3-9-15)12(16)13-2;1-2/h4-7,9H,3,8H2,1-2H3,(H,13,16);1-2H3. The number of carbonyl (C=O) groups excluding carboxylic acids is 2. The minimum Gasteiger partial charge on any atom is -0.341 e. The van der Waals surface area contributed by atoms with Crippen LogP contribution in [0.2, 0.25) is 0 Å². The summed E-state index contributed by atoms with van der Waals surface area (Å²) < 4.78 is 0. The Balaban J connectivity index is 0.00000137. The van der Waals surface area contributed by atoms with Crippen LogP contribution in [0.25, 0.3) is 0 Å². The predicted octanol–water partition coefficient (Wildman–Crippen LogP) is 2.76. The van der Waals surface area contributed by atoms with Gasteiger partial charge in [-0.2, -0.15) is 0 Å². The molecule has 0 aromatic heterocycles. The van der Waals surface area contributed by atoms with Crippen molar-refractivity contribution in [1.29, 1.82) is 0 Å². The lowest BCUT2D eigenvalue weighted by molar-refractivity contribution is -0.107. The zero-order valence-electron chi connectivity index (χ0n) is 11.6. The molecule has 1 aromatic rings. The number of carbonyl (C=O) groups is 2. The fraction of sp³-hybridized carbons (Fsp3) is 0.429. The Labute approximate surface area is 109 Å². The van der Waals surface area contributed by atoms with Crippen molar-refractivity contribution in [3.63, 3.8) is 0 Å². The van der Waals surface area contributed by atoms with Gasteiger partial charge in [-0.05, 0) is 19.1 Å². The quantitative estimate of drug-likeness (QED) is 0.835. The molecule has 0 saturated heterocycles. The van der Waals surface area contributed by atoms with E-state index in [-0.39, 0.29) is 6.03 Å². The van der Waals surface area contributed by atoms with Gasteiger partial charge in [0.1, 0.15) is 6.29 Å². The van der Waals surface area contributed by atoms with E-state index in [9.17, 15) is 9.59 Å². The first-order valence-corrected chi connectivity index (χ1v) is 6.18. The number of urea groups is 1. The van der Waals surface area contributed by atoms with Gasteiger partial charge in [0.25, 0.3) is 0 Å². The molecule has 0 atom stereocenters. The zero-order valence-corrected chi connectivity index (χ0v) is 11.6. The molecule has 4 heteroatoms. The molecule has 0 fully saturated rings. The first-order chi connectivity index (χ1) is 8.69. The average molecular weight is 250 g/mol. The highest BCUT2D eigenvalue weighted by molar-refractivity contribution is 5.92. The fourth-order valence-corrected chi connectivity index (χ4v) is 1.39. The Hall–Kier alpha value is -1.84. The minimum absolute atomic E-state index is 0.203. The largest absolute Gasteiger partial charge is 0.341 e. The summed E-state index contributed by atoms with van der Waals surface area (Å²) in [6, 6.07) is 7.41. The lowest BCUT2D eigenvalue weighted by Gasteiger charge is -2.21. The summed E-state index contributed by atoms with van der Waals surface area (Å²) in [6.45, 7) is 6.38. The second-order valence-electron chi connectivity index (χ2n) is 3.50. The SMILES string of the molecule is CC.CNC(=O)N(CCC=O)c1ccc(C)cc1. The average Bonchev–Trinajstić information content (AvgIpc) is 2.43. The molecule has 100 valence electrons. The maximum atomic E-state index is 11.6. The molecule has 1 rings (SSSR count). The topological polar surface area (TPSA) is 49.4 Å². The van der Waals surface area contributed by atoms with Crippen molar-refractivity contribution in [3.8, 4) is 0 Å². The third kappa shape index (κ3) is 4.99. The number of hydrogen-bond acceptors (Lipinski definition) is 2. The molecule has 4 nitrogen and oxygen atoms in total. The minimum atomic E-state index is -0.203. The van der Waals surface area contributed by atoms with E-state index in [0.717, 1.165) is 17.5 Å². The maximum Gasteiger partial charge on any atom is 0.321 e. The third-order valence-corrected chi connectivity index (χ3v) is 2.28. The van der Waals surface area contributed by atoms with Gasteiger partial charge < -0.3 is 10.1 Å². The highest BCUT2D eigenvalue weighted by atomic mass is 16.2. The van der Waals surface area contributed by atoms with Gasteiger partial charge in [0.15, 0.2) is 0 Å². The van der Waals surface area contributed by atoms with Crippen LogP contribution in [0.1, 0.15) is 25.8 Å². The van der Waals surface area contributed by atoms with Gasteiger partial charge in [0.2, 0.25) is 0 Å². The number of aryl methyl sites for hydroxylation is 1. The molecule has 1 N–H and O–H groups in total. The van der Waals surface area contributed by atoms with Crippen LogP contribution in [0.5, 0.6) is 0 Å². The first kappa shape index (κ1) is 16.2. The Bertz CT molecular complexity index is 361. The van der Waals surface area contributed by atoms with Crippen LogP contribution in [0.15, 0.2) is 24.3 Å². The van der Waals surface area contributed by atoms with E-state index in [1.807, 2.05) is 45.0 Å². The van der Waals surface area contributed by atoms with E-state index in [4.69, 9.17) is 0 Å². The summed E-state index contributed by atoms with van der Waals surface area (Å²) in [7, 11) is 1.57. The van der Waals surface area contributed by atoms with Crippen molar-refractivity contribution >= 4 is 18.0 Å². The van der Waals surface area contributed by atoms with Crippen LogP contribution in [-0.4, -0.2) is 25.9 Å². The van der Waals surface area contributed by atoms with Gasteiger partial charge in [0.05, 0.1) is 0 Å². The molecule has 0 aliphatic carbocycles. The molecule has 0 bridgehead atoms. The number of anilines is 1. The van der Waals surface area contributed by atoms with Crippen LogP contribution < -0.4 is 10.2 Å². The molecule has 0 heterocycles. The maximum absolute atomic E-state index is 11.6. The predicted molar refractivity (Wildman–Crippen MR) is 75.0 cm³/mol. The molecule has 18 heavy (non-hydrogen) atoms. The van der Waals surface area contributed by atoms with Gasteiger partial charge in [0, 0.05) is 25.7 Å². The van der Waals surface area contributed by atoms with Crippen molar-refractivity contribution in [2.24, 2.45) is 0 Å². The van der Waals surface area contributed by atoms with Gasteiger partial charge in [-0.3, -0.25) is 4.90 Å². The van der Waals surface area contributed by atoms with E-state index in [0.29, 0.717) is 13.0 Å². The van der Waals surface area contributed by atoms with Gasteiger partial charge in [-0.1, -0.05) is 31.5 Å². The fourth-order valence-electron chi connectivity index (χ4n) is 1.39. The molecule has 0 unspecified atom stereocenters. The van der Waals surface area contributed by atoms with Crippen LogP contribution in [-0.2, 0) is 4.79 Å². The molecule has 0 radical (unpaired) electrons. The zero-order chi connectivity index (χ0) is 14.0. The summed E-state index contributed by atoms with van der Waals surface area (Å²) >= 11 is 0. The van der Waals surface area contributed by atoms with Crippen molar-refractivity contribution < 1.29 is 9.59 Å². The number of benzene rings is 1. The van der Waals surface area contributed by atoms with Gasteiger partial charge in [-0.25, -0.2) is 4.79 Å². The van der Waals surface area contributed by atoms with E-state index < -0.39 is 0 Å². The number of nitrogens with zero attached hydrogens (tertiary/aromatic N) is 1. The normalized spacial score (nSPS) is 8.89. The number of nitrogens with one attached hydrogen (secondary N) is 1.